The van der Waals surface area contributed by atoms with Gasteiger partial charge in [0.15, 0.2) is 0 Å². The molecule has 1 amide bonds. The summed E-state index contributed by atoms with van der Waals surface area (Å²) in [5.41, 5.74) is 2.13. The first-order valence-electron chi connectivity index (χ1n) is 8.45. The van der Waals surface area contributed by atoms with E-state index < -0.39 is 17.7 Å². The molecule has 26 heavy (non-hydrogen) atoms. The second-order valence-corrected chi connectivity index (χ2v) is 7.82. The number of nitrogens with one attached hydrogen (secondary N) is 1. The van der Waals surface area contributed by atoms with Crippen LogP contribution >= 0.6 is 15.9 Å². The molecule has 2 aliphatic rings. The molecule has 1 saturated carbocycles. The Morgan fingerprint density at radius 2 is 1.88 bits per heavy atom. The average molecular weight is 418 g/mol. The van der Waals surface area contributed by atoms with Gasteiger partial charge in [-0.05, 0) is 49.1 Å². The Morgan fingerprint density at radius 3 is 2.58 bits per heavy atom. The molecule has 1 aromatic heterocycles. The zero-order valence-corrected chi connectivity index (χ0v) is 15.1. The van der Waals surface area contributed by atoms with Gasteiger partial charge in [-0.2, -0.15) is 0 Å². The smallest absolute Gasteiger partial charge is 0.233 e. The number of nitrogens with zero attached hydrogens (tertiary/aromatic N) is 2. The summed E-state index contributed by atoms with van der Waals surface area (Å²) in [6.07, 6.45) is 3.43. The number of carbonyl (C=O) groups excluding carboxylic acids is 1. The number of β-lactam (4-membered cyclic amide) rings is 1. The fourth-order valence-electron chi connectivity index (χ4n) is 3.93. The molecule has 2 atom stereocenters. The molecular formula is C19H14BrF2N3O. The van der Waals surface area contributed by atoms with Crippen molar-refractivity contribution in [3.8, 4) is 0 Å². The second-order valence-electron chi connectivity index (χ2n) is 6.90. The lowest BCUT2D eigenvalue weighted by Crippen LogP contribution is -2.56. The number of hydrogen-bond acceptors (Lipinski definition) is 2. The van der Waals surface area contributed by atoms with Crippen LogP contribution in [0.25, 0.3) is 11.0 Å². The molecule has 2 aromatic carbocycles. The van der Waals surface area contributed by atoms with Crippen molar-refractivity contribution in [1.29, 1.82) is 0 Å². The molecule has 2 unspecified atom stereocenters. The van der Waals surface area contributed by atoms with E-state index in [1.165, 1.54) is 17.0 Å². The minimum atomic E-state index is -0.633. The number of aromatic nitrogens is 2. The van der Waals surface area contributed by atoms with Crippen LogP contribution in [0.3, 0.4) is 0 Å². The predicted octanol–water partition coefficient (Wildman–Crippen LogP) is 4.72. The summed E-state index contributed by atoms with van der Waals surface area (Å²) in [7, 11) is 0. The number of rotatable bonds is 3. The molecule has 4 nitrogen and oxygen atoms in total. The Morgan fingerprint density at radius 1 is 1.15 bits per heavy atom. The molecule has 0 radical (unpaired) electrons. The van der Waals surface area contributed by atoms with Crippen molar-refractivity contribution in [3.63, 3.8) is 0 Å². The summed E-state index contributed by atoms with van der Waals surface area (Å²) in [6.45, 7) is 0. The van der Waals surface area contributed by atoms with Crippen LogP contribution in [0.1, 0.15) is 24.4 Å². The number of benzene rings is 2. The highest BCUT2D eigenvalue weighted by Crippen LogP contribution is 2.54. The maximum Gasteiger partial charge on any atom is 0.233 e. The van der Waals surface area contributed by atoms with Gasteiger partial charge in [-0.15, -0.1) is 0 Å². The number of carbonyl (C=O) groups is 1. The van der Waals surface area contributed by atoms with Crippen molar-refractivity contribution in [2.45, 2.75) is 18.9 Å². The molecule has 0 bridgehead atoms. The number of halogens is 3. The lowest BCUT2D eigenvalue weighted by molar-refractivity contribution is -0.131. The van der Waals surface area contributed by atoms with Crippen LogP contribution in [0.5, 0.6) is 0 Å². The Hall–Kier alpha value is -2.28. The van der Waals surface area contributed by atoms with Crippen LogP contribution in [0, 0.1) is 23.5 Å². The zero-order chi connectivity index (χ0) is 18.0. The largest absolute Gasteiger partial charge is 0.345 e. The molecule has 1 aliphatic heterocycles. The molecule has 1 aliphatic carbocycles. The Kier molecular flexibility index (Phi) is 3.44. The Labute approximate surface area is 156 Å². The third kappa shape index (κ3) is 2.30. The normalized spacial score (nSPS) is 22.7. The van der Waals surface area contributed by atoms with Crippen LogP contribution < -0.4 is 4.90 Å². The van der Waals surface area contributed by atoms with Gasteiger partial charge < -0.3 is 9.88 Å². The first-order chi connectivity index (χ1) is 12.5. The number of amides is 1. The summed E-state index contributed by atoms with van der Waals surface area (Å²) >= 11 is 3.11. The summed E-state index contributed by atoms with van der Waals surface area (Å²) in [5, 5.41) is 0. The third-order valence-corrected chi connectivity index (χ3v) is 5.75. The van der Waals surface area contributed by atoms with Crippen molar-refractivity contribution in [3.05, 3.63) is 58.3 Å². The average Bonchev–Trinajstić information content (AvgIpc) is 3.28. The fraction of sp³-hybridized carbons (Fsp3) is 0.263. The van der Waals surface area contributed by atoms with Gasteiger partial charge in [0, 0.05) is 15.7 Å². The van der Waals surface area contributed by atoms with E-state index >= 15 is 0 Å². The topological polar surface area (TPSA) is 49.0 Å². The van der Waals surface area contributed by atoms with E-state index in [1.807, 2.05) is 6.07 Å². The number of anilines is 1. The highest BCUT2D eigenvalue weighted by Gasteiger charge is 2.56. The molecular weight excluding hydrogens is 404 g/mol. The lowest BCUT2D eigenvalue weighted by Gasteiger charge is -2.48. The number of fused-ring (bicyclic) bond motifs is 1. The first-order valence-corrected chi connectivity index (χ1v) is 9.24. The van der Waals surface area contributed by atoms with Crippen LogP contribution in [-0.4, -0.2) is 15.9 Å². The predicted molar refractivity (Wildman–Crippen MR) is 96.6 cm³/mol. The van der Waals surface area contributed by atoms with E-state index in [2.05, 4.69) is 25.9 Å². The Balaban J connectivity index is 1.63. The molecule has 132 valence electrons. The molecule has 0 spiro atoms. The van der Waals surface area contributed by atoms with Crippen molar-refractivity contribution >= 4 is 38.6 Å². The molecule has 1 N–H and O–H groups in total. The van der Waals surface area contributed by atoms with Gasteiger partial charge in [-0.25, -0.2) is 13.8 Å². The van der Waals surface area contributed by atoms with E-state index in [9.17, 15) is 13.6 Å². The maximum atomic E-state index is 14.6. The summed E-state index contributed by atoms with van der Waals surface area (Å²) in [5.74, 6) is -1.50. The standard InChI is InChI=1S/C19H14BrF2N3O/c20-10-5-12(21)17(13(22)6-10)18-16(9-1-2-9)19(26)25(18)11-3-4-14-15(7-11)24-8-23-14/h3-9,16,18H,1-2H2,(H,23,24). The molecule has 2 heterocycles. The van der Waals surface area contributed by atoms with Gasteiger partial charge in [0.05, 0.1) is 29.3 Å². The first kappa shape index (κ1) is 15.9. The van der Waals surface area contributed by atoms with Crippen molar-refractivity contribution in [2.75, 3.05) is 4.90 Å². The number of hydrogen-bond donors (Lipinski definition) is 1. The summed E-state index contributed by atoms with van der Waals surface area (Å²) < 4.78 is 29.6. The van der Waals surface area contributed by atoms with Crippen LogP contribution in [0.2, 0.25) is 0 Å². The highest BCUT2D eigenvalue weighted by atomic mass is 79.9. The van der Waals surface area contributed by atoms with E-state index in [0.29, 0.717) is 15.7 Å². The molecule has 3 aromatic rings. The highest BCUT2D eigenvalue weighted by molar-refractivity contribution is 9.10. The third-order valence-electron chi connectivity index (χ3n) is 5.29. The van der Waals surface area contributed by atoms with E-state index in [4.69, 9.17) is 0 Å². The second kappa shape index (κ2) is 5.61. The Bertz CT molecular complexity index is 1020. The van der Waals surface area contributed by atoms with E-state index in [-0.39, 0.29) is 23.3 Å². The fourth-order valence-corrected chi connectivity index (χ4v) is 4.33. The molecule has 2 fully saturated rings. The minimum absolute atomic E-state index is 0.0353. The van der Waals surface area contributed by atoms with Crippen molar-refractivity contribution < 1.29 is 13.6 Å². The maximum absolute atomic E-state index is 14.6. The minimum Gasteiger partial charge on any atom is -0.345 e. The molecule has 1 saturated heterocycles. The number of imidazole rings is 1. The number of aromatic amines is 1. The van der Waals surface area contributed by atoms with Crippen LogP contribution in [0.15, 0.2) is 41.1 Å². The summed E-state index contributed by atoms with van der Waals surface area (Å²) in [6, 6.07) is 7.25. The van der Waals surface area contributed by atoms with Gasteiger partial charge in [0.2, 0.25) is 5.91 Å². The molecule has 7 heteroatoms. The van der Waals surface area contributed by atoms with Gasteiger partial charge in [-0.3, -0.25) is 4.79 Å². The van der Waals surface area contributed by atoms with Crippen molar-refractivity contribution in [2.24, 2.45) is 11.8 Å². The summed E-state index contributed by atoms with van der Waals surface area (Å²) in [4.78, 5) is 21.5. The van der Waals surface area contributed by atoms with E-state index in [1.54, 1.807) is 18.5 Å². The van der Waals surface area contributed by atoms with Gasteiger partial charge >= 0.3 is 0 Å². The quantitative estimate of drug-likeness (QED) is 0.626. The van der Waals surface area contributed by atoms with Crippen molar-refractivity contribution in [1.82, 2.24) is 9.97 Å². The lowest BCUT2D eigenvalue weighted by atomic mass is 9.78. The molecule has 5 rings (SSSR count). The zero-order valence-electron chi connectivity index (χ0n) is 13.5. The SMILES string of the molecule is O=C1C(C2CC2)C(c2c(F)cc(Br)cc2F)N1c1ccc2[nH]cnc2c1. The monoisotopic (exact) mass is 417 g/mol. The van der Waals surface area contributed by atoms with Gasteiger partial charge in [-0.1, -0.05) is 15.9 Å². The van der Waals surface area contributed by atoms with Crippen LogP contribution in [0.4, 0.5) is 14.5 Å². The van der Waals surface area contributed by atoms with Crippen LogP contribution in [-0.2, 0) is 4.79 Å². The van der Waals surface area contributed by atoms with Gasteiger partial charge in [0.1, 0.15) is 11.6 Å². The van der Waals surface area contributed by atoms with Gasteiger partial charge in [0.25, 0.3) is 0 Å². The van der Waals surface area contributed by atoms with E-state index in [0.717, 1.165) is 18.4 Å². The number of H-pyrrole nitrogens is 1.